The van der Waals surface area contributed by atoms with Crippen LogP contribution in [0.1, 0.15) is 43.9 Å². The molecule has 2 heterocycles. The first kappa shape index (κ1) is 18.7. The molecule has 27 heavy (non-hydrogen) atoms. The summed E-state index contributed by atoms with van der Waals surface area (Å²) in [5.41, 5.74) is 2.25. The van der Waals surface area contributed by atoms with Gasteiger partial charge in [-0.05, 0) is 37.2 Å². The minimum Gasteiger partial charge on any atom is -0.317 e. The third-order valence-electron chi connectivity index (χ3n) is 6.16. The Hall–Kier alpha value is -1.66. The fourth-order valence-electron chi connectivity index (χ4n) is 4.66. The number of likely N-dealkylation sites (tertiary alicyclic amines) is 1. The average Bonchev–Trinajstić information content (AvgIpc) is 3.21. The highest BCUT2D eigenvalue weighted by Crippen LogP contribution is 2.36. The zero-order chi connectivity index (χ0) is 18.9. The molecule has 146 valence electrons. The van der Waals surface area contributed by atoms with Crippen molar-refractivity contribution in [3.63, 3.8) is 0 Å². The van der Waals surface area contributed by atoms with Gasteiger partial charge in [0.1, 0.15) is 0 Å². The Labute approximate surface area is 162 Å². The number of hydrogen-bond donors (Lipinski definition) is 0. The maximum atomic E-state index is 12.6. The van der Waals surface area contributed by atoms with Crippen LogP contribution in [-0.4, -0.2) is 41.2 Å². The third-order valence-corrected chi connectivity index (χ3v) is 7.80. The predicted octanol–water partition coefficient (Wildman–Crippen LogP) is 3.29. The second-order valence-electron chi connectivity index (χ2n) is 7.94. The number of aryl methyl sites for hydroxylation is 1. The fraction of sp³-hybridized carbons (Fsp3) is 0.571. The van der Waals surface area contributed by atoms with Crippen molar-refractivity contribution >= 4 is 9.84 Å². The van der Waals surface area contributed by atoms with Crippen molar-refractivity contribution in [2.45, 2.75) is 63.3 Å². The minimum atomic E-state index is -3.33. The molecule has 1 aliphatic carbocycles. The van der Waals surface area contributed by atoms with E-state index in [0.29, 0.717) is 12.6 Å². The highest BCUT2D eigenvalue weighted by Gasteiger charge is 2.35. The van der Waals surface area contributed by atoms with Crippen molar-refractivity contribution in [1.82, 2.24) is 14.5 Å². The van der Waals surface area contributed by atoms with Gasteiger partial charge in [0.15, 0.2) is 0 Å². The van der Waals surface area contributed by atoms with Crippen molar-refractivity contribution in [1.29, 1.82) is 0 Å². The van der Waals surface area contributed by atoms with Crippen molar-refractivity contribution in [3.8, 4) is 0 Å². The second-order valence-corrected chi connectivity index (χ2v) is 10.1. The van der Waals surface area contributed by atoms with Gasteiger partial charge in [0, 0.05) is 25.7 Å². The molecule has 6 heteroatoms. The molecule has 1 saturated carbocycles. The first-order chi connectivity index (χ1) is 13.1. The molecule has 5 nitrogen and oxygen atoms in total. The number of fused-ring (bicyclic) bond motifs is 2. The van der Waals surface area contributed by atoms with Crippen LogP contribution in [0.4, 0.5) is 0 Å². The minimum absolute atomic E-state index is 0.0865. The molecule has 1 aliphatic heterocycles. The van der Waals surface area contributed by atoms with E-state index in [2.05, 4.69) is 22.0 Å². The van der Waals surface area contributed by atoms with Crippen LogP contribution in [0, 0.1) is 5.92 Å². The zero-order valence-electron chi connectivity index (χ0n) is 16.0. The molecule has 2 fully saturated rings. The smallest absolute Gasteiger partial charge is 0.227 e. The molecular formula is C21H29N3O2S. The van der Waals surface area contributed by atoms with Gasteiger partial charge in [0.2, 0.25) is 15.0 Å². The van der Waals surface area contributed by atoms with E-state index in [-0.39, 0.29) is 10.9 Å². The quantitative estimate of drug-likeness (QED) is 0.731. The van der Waals surface area contributed by atoms with Crippen molar-refractivity contribution < 1.29 is 8.42 Å². The number of hydrogen-bond acceptors (Lipinski definition) is 4. The number of aromatic nitrogens is 2. The maximum Gasteiger partial charge on any atom is 0.227 e. The van der Waals surface area contributed by atoms with E-state index in [0.717, 1.165) is 31.1 Å². The topological polar surface area (TPSA) is 55.2 Å². The fourth-order valence-corrected chi connectivity index (χ4v) is 5.68. The molecule has 0 unspecified atom stereocenters. The second kappa shape index (κ2) is 7.76. The molecule has 2 atom stereocenters. The van der Waals surface area contributed by atoms with Crippen molar-refractivity contribution in [3.05, 3.63) is 47.8 Å². The molecule has 1 saturated heterocycles. The van der Waals surface area contributed by atoms with Crippen LogP contribution < -0.4 is 0 Å². The average molecular weight is 388 g/mol. The van der Waals surface area contributed by atoms with Gasteiger partial charge < -0.3 is 4.57 Å². The Morgan fingerprint density at radius 1 is 1.19 bits per heavy atom. The number of benzene rings is 1. The molecule has 2 bridgehead atoms. The predicted molar refractivity (Wildman–Crippen MR) is 106 cm³/mol. The normalized spacial score (nSPS) is 23.0. The summed E-state index contributed by atoms with van der Waals surface area (Å²) in [5.74, 6) is 0.909. The Bertz CT molecular complexity index is 876. The van der Waals surface area contributed by atoms with Crippen molar-refractivity contribution in [2.24, 2.45) is 5.92 Å². The van der Waals surface area contributed by atoms with Gasteiger partial charge in [-0.3, -0.25) is 4.90 Å². The summed E-state index contributed by atoms with van der Waals surface area (Å²) in [6, 6.07) is 10.9. The van der Waals surface area contributed by atoms with Crippen molar-refractivity contribution in [2.75, 3.05) is 12.3 Å². The standard InChI is InChI=1S/C21H29N3O2S/c1-2-27(25,26)21-22-14-20(16-23-15-18-9-6-10-19(23)13-18)24(21)12-11-17-7-4-3-5-8-17/h3-5,7-8,14,18-19H,2,6,9-13,15-16H2,1H3/t18-,19+/m1/s1. The first-order valence-electron chi connectivity index (χ1n) is 10.1. The highest BCUT2D eigenvalue weighted by atomic mass is 32.2. The first-order valence-corrected chi connectivity index (χ1v) is 11.8. The molecule has 2 aromatic rings. The summed E-state index contributed by atoms with van der Waals surface area (Å²) in [5, 5.41) is 0.234. The summed E-state index contributed by atoms with van der Waals surface area (Å²) in [4.78, 5) is 6.90. The van der Waals surface area contributed by atoms with Crippen LogP contribution in [-0.2, 0) is 29.3 Å². The third kappa shape index (κ3) is 3.97. The number of nitrogens with zero attached hydrogens (tertiary/aromatic N) is 3. The van der Waals surface area contributed by atoms with Crippen LogP contribution >= 0.6 is 0 Å². The largest absolute Gasteiger partial charge is 0.317 e. The van der Waals surface area contributed by atoms with E-state index in [4.69, 9.17) is 0 Å². The van der Waals surface area contributed by atoms with Gasteiger partial charge in [-0.15, -0.1) is 0 Å². The SMILES string of the molecule is CCS(=O)(=O)c1ncc(CN2C[C@@H]3CCC[C@H]2C3)n1CCc1ccccc1. The summed E-state index contributed by atoms with van der Waals surface area (Å²) >= 11 is 0. The molecule has 0 radical (unpaired) electrons. The number of sulfone groups is 1. The lowest BCUT2D eigenvalue weighted by Gasteiger charge is -2.25. The van der Waals surface area contributed by atoms with Crippen LogP contribution in [0.25, 0.3) is 0 Å². The summed E-state index contributed by atoms with van der Waals surface area (Å²) in [7, 11) is -3.33. The monoisotopic (exact) mass is 387 g/mol. The molecule has 0 N–H and O–H groups in total. The Morgan fingerprint density at radius 3 is 2.74 bits per heavy atom. The van der Waals surface area contributed by atoms with Gasteiger partial charge in [-0.2, -0.15) is 0 Å². The summed E-state index contributed by atoms with van der Waals surface area (Å²) in [6.07, 6.45) is 7.84. The van der Waals surface area contributed by atoms with E-state index in [9.17, 15) is 8.42 Å². The summed E-state index contributed by atoms with van der Waals surface area (Å²) in [6.45, 7) is 4.29. The molecule has 1 aromatic heterocycles. The molecule has 2 aliphatic rings. The molecular weight excluding hydrogens is 358 g/mol. The van der Waals surface area contributed by atoms with Crippen LogP contribution in [0.15, 0.2) is 41.7 Å². The van der Waals surface area contributed by atoms with E-state index in [1.54, 1.807) is 13.1 Å². The maximum absolute atomic E-state index is 12.6. The van der Waals surface area contributed by atoms with E-state index in [1.807, 2.05) is 22.8 Å². The van der Waals surface area contributed by atoms with Crippen LogP contribution in [0.3, 0.4) is 0 Å². The Balaban J connectivity index is 1.58. The van der Waals surface area contributed by atoms with Gasteiger partial charge in [-0.25, -0.2) is 13.4 Å². The van der Waals surface area contributed by atoms with Gasteiger partial charge >= 0.3 is 0 Å². The van der Waals surface area contributed by atoms with Gasteiger partial charge in [0.05, 0.1) is 17.6 Å². The Kier molecular flexibility index (Phi) is 5.37. The van der Waals surface area contributed by atoms with Gasteiger partial charge in [-0.1, -0.05) is 43.7 Å². The zero-order valence-corrected chi connectivity index (χ0v) is 16.9. The molecule has 0 spiro atoms. The van der Waals surface area contributed by atoms with Crippen LogP contribution in [0.5, 0.6) is 0 Å². The van der Waals surface area contributed by atoms with E-state index in [1.165, 1.54) is 31.2 Å². The lowest BCUT2D eigenvalue weighted by Crippen LogP contribution is -2.29. The number of rotatable bonds is 7. The van der Waals surface area contributed by atoms with E-state index < -0.39 is 9.84 Å². The van der Waals surface area contributed by atoms with Crippen LogP contribution in [0.2, 0.25) is 0 Å². The van der Waals surface area contributed by atoms with Gasteiger partial charge in [0.25, 0.3) is 0 Å². The van der Waals surface area contributed by atoms with E-state index >= 15 is 0 Å². The molecule has 0 amide bonds. The number of imidazole rings is 1. The summed E-state index contributed by atoms with van der Waals surface area (Å²) < 4.78 is 27.1. The lowest BCUT2D eigenvalue weighted by molar-refractivity contribution is 0.230. The highest BCUT2D eigenvalue weighted by molar-refractivity contribution is 7.91. The Morgan fingerprint density at radius 2 is 2.00 bits per heavy atom. The lowest BCUT2D eigenvalue weighted by atomic mass is 9.90. The molecule has 4 rings (SSSR count). The molecule has 1 aromatic carbocycles.